The highest BCUT2D eigenvalue weighted by Gasteiger charge is 2.34. The fourth-order valence-electron chi connectivity index (χ4n) is 7.39. The average molecular weight is 777 g/mol. The van der Waals surface area contributed by atoms with Crippen LogP contribution >= 0.6 is 11.6 Å². The van der Waals surface area contributed by atoms with E-state index in [1.54, 1.807) is 30.5 Å². The summed E-state index contributed by atoms with van der Waals surface area (Å²) in [5.74, 6) is -0.0686. The van der Waals surface area contributed by atoms with Gasteiger partial charge in [0.25, 0.3) is 0 Å². The first kappa shape index (κ1) is 41.7. The second kappa shape index (κ2) is 20.4. The van der Waals surface area contributed by atoms with Gasteiger partial charge in [0.05, 0.1) is 31.8 Å². The third kappa shape index (κ3) is 10.2. The number of methoxy groups -OCH3 is 1. The smallest absolute Gasteiger partial charge is 0.318 e. The monoisotopic (exact) mass is 776 g/mol. The lowest BCUT2D eigenvalue weighted by Crippen LogP contribution is -2.48. The number of benzene rings is 2. The van der Waals surface area contributed by atoms with Crippen molar-refractivity contribution in [2.45, 2.75) is 52.2 Å². The van der Waals surface area contributed by atoms with Crippen molar-refractivity contribution in [3.63, 3.8) is 0 Å². The number of alkyl halides is 1. The number of fused-ring (bicyclic) bond motifs is 3. The van der Waals surface area contributed by atoms with Crippen molar-refractivity contribution < 1.29 is 23.0 Å². The predicted octanol–water partition coefficient (Wildman–Crippen LogP) is 6.93. The quantitative estimate of drug-likeness (QED) is 0.191. The van der Waals surface area contributed by atoms with Gasteiger partial charge in [-0.05, 0) is 37.3 Å². The first-order valence-electron chi connectivity index (χ1n) is 19.1. The van der Waals surface area contributed by atoms with Crippen molar-refractivity contribution >= 4 is 45.0 Å². The lowest BCUT2D eigenvalue weighted by atomic mass is 10.0. The summed E-state index contributed by atoms with van der Waals surface area (Å²) in [6, 6.07) is 13.6. The number of morpholine rings is 1. The molecule has 1 amide bonds. The topological polar surface area (TPSA) is 111 Å². The Kier molecular flexibility index (Phi) is 15.5. The van der Waals surface area contributed by atoms with Crippen LogP contribution in [0.15, 0.2) is 54.7 Å². The number of piperazine rings is 1. The highest BCUT2D eigenvalue weighted by atomic mass is 35.5. The maximum absolute atomic E-state index is 16.2. The Morgan fingerprint density at radius 3 is 2.47 bits per heavy atom. The first-order chi connectivity index (χ1) is 26.8. The maximum Gasteiger partial charge on any atom is 0.318 e. The standard InChI is InChI=1S/C30H30ClFN6O3.C7H12FN.C2H3N.C2H6/c1-40-30-34-28-22(19-33-27(26(28)32)21-7-2-5-20-6-3-8-23(31)25(20)21)29(35-30)38-13-11-37(12-14-38)24(39)9-4-10-36-15-17-41-18-16-36;8-6-4-7-2-1-3-9(7)5-6;1-2-3;1-2/h2-9,19H,10-18H2,1H3;6-7H,1-5H2;1H3;1-2H3/b9-4+;;;. The molecule has 0 spiro atoms. The number of anilines is 1. The second-order valence-corrected chi connectivity index (χ2v) is 13.7. The van der Waals surface area contributed by atoms with E-state index in [4.69, 9.17) is 26.3 Å². The molecule has 14 heteroatoms. The van der Waals surface area contributed by atoms with Gasteiger partial charge in [-0.25, -0.2) is 8.78 Å². The highest BCUT2D eigenvalue weighted by molar-refractivity contribution is 6.36. The predicted molar refractivity (Wildman–Crippen MR) is 214 cm³/mol. The van der Waals surface area contributed by atoms with E-state index in [-0.39, 0.29) is 23.1 Å². The molecule has 55 heavy (non-hydrogen) atoms. The molecule has 4 aliphatic rings. The number of hydrogen-bond donors (Lipinski definition) is 0. The molecule has 0 saturated carbocycles. The molecule has 2 aromatic heterocycles. The summed E-state index contributed by atoms with van der Waals surface area (Å²) in [6.07, 6.45) is 7.98. The van der Waals surface area contributed by atoms with E-state index < -0.39 is 12.0 Å². The van der Waals surface area contributed by atoms with E-state index in [2.05, 4.69) is 24.8 Å². The van der Waals surface area contributed by atoms with Crippen LogP contribution in [0.25, 0.3) is 32.9 Å². The molecule has 4 fully saturated rings. The van der Waals surface area contributed by atoms with Crippen LogP contribution in [-0.4, -0.2) is 127 Å². The third-order valence-electron chi connectivity index (χ3n) is 10.0. The molecular weight excluding hydrogens is 726 g/mol. The fraction of sp³-hybridized carbons (Fsp3) is 0.488. The maximum atomic E-state index is 16.2. The van der Waals surface area contributed by atoms with E-state index in [9.17, 15) is 9.18 Å². The molecule has 0 N–H and O–H groups in total. The molecule has 0 aliphatic carbocycles. The SMILES string of the molecule is CC.CC#N.COc1nc(N2CCN(C(=O)/C=C/CN3CCOCC3)CC2)c2cnc(-c3cccc4cccc(Cl)c34)c(F)c2n1.FC1CC2CCCN2C1. The van der Waals surface area contributed by atoms with Crippen molar-refractivity contribution in [2.75, 3.05) is 84.1 Å². The van der Waals surface area contributed by atoms with Gasteiger partial charge in [0.15, 0.2) is 5.82 Å². The van der Waals surface area contributed by atoms with Gasteiger partial charge in [0, 0.05) is 93.6 Å². The lowest BCUT2D eigenvalue weighted by Gasteiger charge is -2.35. The molecule has 4 aromatic rings. The van der Waals surface area contributed by atoms with Gasteiger partial charge in [-0.3, -0.25) is 19.6 Å². The Hall–Kier alpha value is -4.48. The van der Waals surface area contributed by atoms with Crippen molar-refractivity contribution in [1.29, 1.82) is 5.26 Å². The molecule has 2 aromatic carbocycles. The lowest BCUT2D eigenvalue weighted by molar-refractivity contribution is -0.126. The number of pyridine rings is 1. The van der Waals surface area contributed by atoms with E-state index in [0.29, 0.717) is 60.6 Å². The van der Waals surface area contributed by atoms with Crippen LogP contribution < -0.4 is 9.64 Å². The number of halogens is 3. The minimum atomic E-state index is -0.573. The molecule has 2 unspecified atom stereocenters. The Balaban J connectivity index is 0.000000350. The normalized spacial score (nSPS) is 19.8. The van der Waals surface area contributed by atoms with Crippen LogP contribution in [0.2, 0.25) is 5.02 Å². The summed E-state index contributed by atoms with van der Waals surface area (Å²) in [5.41, 5.74) is 0.855. The molecule has 11 nitrogen and oxygen atoms in total. The van der Waals surface area contributed by atoms with Crippen LogP contribution in [0.4, 0.5) is 14.6 Å². The van der Waals surface area contributed by atoms with Gasteiger partial charge >= 0.3 is 6.01 Å². The van der Waals surface area contributed by atoms with Crippen molar-refractivity contribution in [1.82, 2.24) is 29.7 Å². The average Bonchev–Trinajstić information content (AvgIpc) is 3.80. The van der Waals surface area contributed by atoms with Crippen LogP contribution in [-0.2, 0) is 9.53 Å². The molecule has 6 heterocycles. The van der Waals surface area contributed by atoms with Crippen molar-refractivity contribution in [3.8, 4) is 23.3 Å². The van der Waals surface area contributed by atoms with Gasteiger partial charge < -0.3 is 19.3 Å². The van der Waals surface area contributed by atoms with Crippen molar-refractivity contribution in [2.24, 2.45) is 0 Å². The Morgan fingerprint density at radius 1 is 1.07 bits per heavy atom. The third-order valence-corrected chi connectivity index (χ3v) is 10.3. The number of rotatable bonds is 6. The van der Waals surface area contributed by atoms with Gasteiger partial charge in [-0.1, -0.05) is 61.9 Å². The molecule has 2 atom stereocenters. The zero-order valence-electron chi connectivity index (χ0n) is 32.2. The van der Waals surface area contributed by atoms with Crippen LogP contribution in [0.1, 0.15) is 40.0 Å². The second-order valence-electron chi connectivity index (χ2n) is 13.3. The largest absolute Gasteiger partial charge is 0.467 e. The zero-order chi connectivity index (χ0) is 39.3. The number of aromatic nitrogens is 3. The van der Waals surface area contributed by atoms with Crippen LogP contribution in [0.5, 0.6) is 6.01 Å². The number of hydrogen-bond acceptors (Lipinski definition) is 10. The molecule has 0 bridgehead atoms. The Labute approximate surface area is 327 Å². The van der Waals surface area contributed by atoms with Crippen molar-refractivity contribution in [3.05, 3.63) is 65.6 Å². The van der Waals surface area contributed by atoms with Gasteiger partial charge in [0.2, 0.25) is 5.91 Å². The molecule has 4 aliphatic heterocycles. The van der Waals surface area contributed by atoms with E-state index in [1.165, 1.54) is 26.9 Å². The molecule has 294 valence electrons. The Bertz CT molecular complexity index is 1950. The van der Waals surface area contributed by atoms with E-state index in [0.717, 1.165) is 56.6 Å². The molecule has 0 radical (unpaired) electrons. The van der Waals surface area contributed by atoms with Gasteiger partial charge in [0.1, 0.15) is 23.2 Å². The number of amides is 1. The summed E-state index contributed by atoms with van der Waals surface area (Å²) in [6.45, 7) is 13.3. The summed E-state index contributed by atoms with van der Waals surface area (Å²) >= 11 is 6.51. The van der Waals surface area contributed by atoms with Crippen LogP contribution in [0, 0.1) is 17.1 Å². The first-order valence-corrected chi connectivity index (χ1v) is 19.5. The van der Waals surface area contributed by atoms with E-state index >= 15 is 4.39 Å². The summed E-state index contributed by atoms with van der Waals surface area (Å²) in [7, 11) is 1.45. The zero-order valence-corrected chi connectivity index (χ0v) is 32.9. The summed E-state index contributed by atoms with van der Waals surface area (Å²) in [4.78, 5) is 34.6. The number of nitriles is 1. The number of carbonyl (C=O) groups excluding carboxylic acids is 1. The molecule has 8 rings (SSSR count). The van der Waals surface area contributed by atoms with Gasteiger partial charge in [-0.15, -0.1) is 0 Å². The summed E-state index contributed by atoms with van der Waals surface area (Å²) < 4.78 is 39.5. The van der Waals surface area contributed by atoms with Crippen LogP contribution in [0.3, 0.4) is 0 Å². The molecule has 4 saturated heterocycles. The number of ether oxygens (including phenoxy) is 2. The molecular formula is C41H51ClF2N8O3. The Morgan fingerprint density at radius 2 is 1.78 bits per heavy atom. The van der Waals surface area contributed by atoms with Gasteiger partial charge in [-0.2, -0.15) is 15.2 Å². The van der Waals surface area contributed by atoms with E-state index in [1.807, 2.05) is 54.0 Å². The minimum absolute atomic E-state index is 0.0193. The highest BCUT2D eigenvalue weighted by Crippen LogP contribution is 2.37. The number of carbonyl (C=O) groups is 1. The minimum Gasteiger partial charge on any atom is -0.467 e. The summed E-state index contributed by atoms with van der Waals surface area (Å²) in [5, 5.41) is 9.93. The fourth-order valence-corrected chi connectivity index (χ4v) is 7.68. The number of nitrogens with zero attached hydrogens (tertiary/aromatic N) is 8.